The Bertz CT molecular complexity index is 436. The number of carbonyl (C=O) groups is 1. The predicted octanol–water partition coefficient (Wildman–Crippen LogP) is 1.17. The molecule has 6 nitrogen and oxygen atoms in total. The summed E-state index contributed by atoms with van der Waals surface area (Å²) < 4.78 is 10.5. The van der Waals surface area contributed by atoms with Gasteiger partial charge in [0, 0.05) is 25.5 Å². The summed E-state index contributed by atoms with van der Waals surface area (Å²) >= 11 is 0. The lowest BCUT2D eigenvalue weighted by Crippen LogP contribution is -2.35. The van der Waals surface area contributed by atoms with E-state index in [0.29, 0.717) is 31.3 Å². The topological polar surface area (TPSA) is 77.3 Å². The van der Waals surface area contributed by atoms with Gasteiger partial charge < -0.3 is 14.6 Å². The van der Waals surface area contributed by atoms with Gasteiger partial charge in [0.2, 0.25) is 11.8 Å². The van der Waals surface area contributed by atoms with E-state index in [1.165, 1.54) is 6.42 Å². The fraction of sp³-hybridized carbons (Fsp3) is 0.769. The zero-order valence-electron chi connectivity index (χ0n) is 10.9. The highest BCUT2D eigenvalue weighted by atomic mass is 16.5. The Morgan fingerprint density at radius 3 is 2.89 bits per heavy atom. The van der Waals surface area contributed by atoms with E-state index < -0.39 is 0 Å². The van der Waals surface area contributed by atoms with Gasteiger partial charge in [0.05, 0.1) is 0 Å². The van der Waals surface area contributed by atoms with Gasteiger partial charge >= 0.3 is 0 Å². The molecule has 1 saturated heterocycles. The minimum absolute atomic E-state index is 0.0276. The van der Waals surface area contributed by atoms with Gasteiger partial charge in [0.1, 0.15) is 6.10 Å². The monoisotopic (exact) mass is 265 g/mol. The quantitative estimate of drug-likeness (QED) is 0.865. The highest BCUT2D eigenvalue weighted by Crippen LogP contribution is 2.35. The van der Waals surface area contributed by atoms with Gasteiger partial charge in [-0.15, -0.1) is 0 Å². The average Bonchev–Trinajstić information content (AvgIpc) is 2.97. The summed E-state index contributed by atoms with van der Waals surface area (Å²) in [5.41, 5.74) is 0. The Kier molecular flexibility index (Phi) is 3.77. The third-order valence-electron chi connectivity index (χ3n) is 3.81. The Hall–Kier alpha value is -1.43. The molecule has 2 heterocycles. The molecule has 0 spiro atoms. The molecule has 3 rings (SSSR count). The van der Waals surface area contributed by atoms with E-state index in [4.69, 9.17) is 9.26 Å². The summed E-state index contributed by atoms with van der Waals surface area (Å²) in [5.74, 6) is 1.86. The van der Waals surface area contributed by atoms with Crippen molar-refractivity contribution in [2.75, 3.05) is 13.2 Å². The number of carbonyl (C=O) groups excluding carboxylic acids is 1. The smallest absolute Gasteiger partial charge is 0.249 e. The molecule has 2 aliphatic rings. The van der Waals surface area contributed by atoms with Crippen LogP contribution in [0.25, 0.3) is 0 Å². The van der Waals surface area contributed by atoms with Gasteiger partial charge in [0.25, 0.3) is 0 Å². The zero-order valence-corrected chi connectivity index (χ0v) is 10.9. The van der Waals surface area contributed by atoms with Crippen LogP contribution in [0.3, 0.4) is 0 Å². The number of hydrogen-bond acceptors (Lipinski definition) is 5. The highest BCUT2D eigenvalue weighted by Gasteiger charge is 2.25. The normalized spacial score (nSPS) is 23.3. The molecular weight excluding hydrogens is 246 g/mol. The fourth-order valence-electron chi connectivity index (χ4n) is 2.39. The lowest BCUT2D eigenvalue weighted by Gasteiger charge is -2.20. The third-order valence-corrected chi connectivity index (χ3v) is 3.81. The first kappa shape index (κ1) is 12.6. The van der Waals surface area contributed by atoms with Crippen LogP contribution in [0.5, 0.6) is 0 Å². The standard InChI is InChI=1S/C13H19N3O3/c17-12(10-5-2-8-18-10)14-7-6-11-15-13(19-16-11)9-3-1-4-9/h9-10H,1-8H2,(H,14,17)/t10-/m0/s1. The van der Waals surface area contributed by atoms with Crippen LogP contribution < -0.4 is 5.32 Å². The van der Waals surface area contributed by atoms with Crippen molar-refractivity contribution in [3.63, 3.8) is 0 Å². The second-order valence-corrected chi connectivity index (χ2v) is 5.22. The maximum Gasteiger partial charge on any atom is 0.249 e. The highest BCUT2D eigenvalue weighted by molar-refractivity contribution is 5.80. The SMILES string of the molecule is O=C(NCCc1noc(C2CCC2)n1)[C@@H]1CCCO1. The van der Waals surface area contributed by atoms with E-state index in [2.05, 4.69) is 15.5 Å². The van der Waals surface area contributed by atoms with Gasteiger partial charge in [-0.25, -0.2) is 0 Å². The molecule has 2 fully saturated rings. The first-order valence-electron chi connectivity index (χ1n) is 7.05. The van der Waals surface area contributed by atoms with Crippen molar-refractivity contribution < 1.29 is 14.1 Å². The maximum absolute atomic E-state index is 11.7. The molecule has 1 amide bonds. The Labute approximate surface area is 111 Å². The summed E-state index contributed by atoms with van der Waals surface area (Å²) in [4.78, 5) is 16.1. The number of nitrogens with one attached hydrogen (secondary N) is 1. The Morgan fingerprint density at radius 1 is 1.32 bits per heavy atom. The van der Waals surface area contributed by atoms with Crippen LogP contribution in [0.2, 0.25) is 0 Å². The van der Waals surface area contributed by atoms with Gasteiger partial charge in [-0.1, -0.05) is 11.6 Å². The second kappa shape index (κ2) is 5.69. The number of ether oxygens (including phenoxy) is 1. The second-order valence-electron chi connectivity index (χ2n) is 5.22. The van der Waals surface area contributed by atoms with E-state index >= 15 is 0 Å². The van der Waals surface area contributed by atoms with Crippen molar-refractivity contribution >= 4 is 5.91 Å². The third kappa shape index (κ3) is 2.94. The maximum atomic E-state index is 11.7. The first-order valence-corrected chi connectivity index (χ1v) is 7.05. The van der Waals surface area contributed by atoms with Crippen LogP contribution in [-0.4, -0.2) is 35.3 Å². The molecule has 1 N–H and O–H groups in total. The fourth-order valence-corrected chi connectivity index (χ4v) is 2.39. The van der Waals surface area contributed by atoms with Crippen molar-refractivity contribution in [3.8, 4) is 0 Å². The lowest BCUT2D eigenvalue weighted by molar-refractivity contribution is -0.129. The van der Waals surface area contributed by atoms with Crippen LogP contribution in [0.4, 0.5) is 0 Å². The van der Waals surface area contributed by atoms with Crippen molar-refractivity contribution in [3.05, 3.63) is 11.7 Å². The first-order chi connectivity index (χ1) is 9.33. The largest absolute Gasteiger partial charge is 0.368 e. The summed E-state index contributed by atoms with van der Waals surface area (Å²) in [5, 5.41) is 6.80. The summed E-state index contributed by atoms with van der Waals surface area (Å²) in [6.07, 6.45) is 5.67. The van der Waals surface area contributed by atoms with Gasteiger partial charge in [0.15, 0.2) is 5.82 Å². The lowest BCUT2D eigenvalue weighted by atomic mass is 9.85. The van der Waals surface area contributed by atoms with E-state index in [9.17, 15) is 4.79 Å². The molecular formula is C13H19N3O3. The van der Waals surface area contributed by atoms with Crippen molar-refractivity contribution in [1.82, 2.24) is 15.5 Å². The predicted molar refractivity (Wildman–Crippen MR) is 66.6 cm³/mol. The van der Waals surface area contributed by atoms with Crippen LogP contribution in [0.15, 0.2) is 4.52 Å². The van der Waals surface area contributed by atoms with Crippen molar-refractivity contribution in [2.45, 2.75) is 50.5 Å². The molecule has 104 valence electrons. The van der Waals surface area contributed by atoms with Crippen LogP contribution in [-0.2, 0) is 16.0 Å². The molecule has 0 radical (unpaired) electrons. The molecule has 1 atom stereocenters. The zero-order chi connectivity index (χ0) is 13.1. The molecule has 1 aromatic heterocycles. The van der Waals surface area contributed by atoms with Gasteiger partial charge in [-0.2, -0.15) is 4.98 Å². The molecule has 19 heavy (non-hydrogen) atoms. The number of amides is 1. The minimum Gasteiger partial charge on any atom is -0.368 e. The molecule has 6 heteroatoms. The van der Waals surface area contributed by atoms with Crippen molar-refractivity contribution in [1.29, 1.82) is 0 Å². The molecule has 1 aliphatic carbocycles. The number of rotatable bonds is 5. The molecule has 0 bridgehead atoms. The molecule has 0 unspecified atom stereocenters. The van der Waals surface area contributed by atoms with E-state index in [0.717, 1.165) is 31.6 Å². The number of aromatic nitrogens is 2. The minimum atomic E-state index is -0.268. The van der Waals surface area contributed by atoms with Crippen LogP contribution in [0.1, 0.15) is 49.7 Å². The van der Waals surface area contributed by atoms with E-state index in [1.54, 1.807) is 0 Å². The Morgan fingerprint density at radius 2 is 2.21 bits per heavy atom. The van der Waals surface area contributed by atoms with Gasteiger partial charge in [-0.05, 0) is 25.7 Å². The van der Waals surface area contributed by atoms with E-state index in [-0.39, 0.29) is 12.0 Å². The number of hydrogen-bond donors (Lipinski definition) is 1. The molecule has 1 aromatic rings. The summed E-state index contributed by atoms with van der Waals surface area (Å²) in [6.45, 7) is 1.22. The molecule has 0 aromatic carbocycles. The number of nitrogens with zero attached hydrogens (tertiary/aromatic N) is 2. The summed E-state index contributed by atoms with van der Waals surface area (Å²) in [7, 11) is 0. The van der Waals surface area contributed by atoms with E-state index in [1.807, 2.05) is 0 Å². The molecule has 1 saturated carbocycles. The van der Waals surface area contributed by atoms with Crippen molar-refractivity contribution in [2.24, 2.45) is 0 Å². The van der Waals surface area contributed by atoms with Crippen LogP contribution in [0, 0.1) is 0 Å². The summed E-state index contributed by atoms with van der Waals surface area (Å²) in [6, 6.07) is 0. The van der Waals surface area contributed by atoms with Gasteiger partial charge in [-0.3, -0.25) is 4.79 Å². The van der Waals surface area contributed by atoms with Crippen LogP contribution >= 0.6 is 0 Å². The average molecular weight is 265 g/mol. The Balaban J connectivity index is 1.41. The molecule has 1 aliphatic heterocycles.